The Kier molecular flexibility index (Phi) is 6.97. The summed E-state index contributed by atoms with van der Waals surface area (Å²) < 4.78 is 10.7. The summed E-state index contributed by atoms with van der Waals surface area (Å²) in [5, 5.41) is 3.11. The van der Waals surface area contributed by atoms with E-state index in [9.17, 15) is 4.79 Å². The Morgan fingerprint density at radius 2 is 2.16 bits per heavy atom. The normalized spacial score (nSPS) is 11.9. The largest absolute Gasteiger partial charge is 0.494 e. The van der Waals surface area contributed by atoms with Crippen molar-refractivity contribution >= 4 is 5.97 Å². The molecule has 0 saturated heterocycles. The lowest BCUT2D eigenvalue weighted by Gasteiger charge is -2.16. The molecule has 0 bridgehead atoms. The minimum Gasteiger partial charge on any atom is -0.494 e. The van der Waals surface area contributed by atoms with Gasteiger partial charge >= 0.3 is 5.97 Å². The van der Waals surface area contributed by atoms with Gasteiger partial charge in [-0.15, -0.1) is 0 Å². The van der Waals surface area contributed by atoms with Crippen molar-refractivity contribution in [1.82, 2.24) is 5.32 Å². The Morgan fingerprint density at radius 1 is 1.37 bits per heavy atom. The van der Waals surface area contributed by atoms with Crippen molar-refractivity contribution in [2.75, 3.05) is 19.8 Å². The molecule has 1 aromatic rings. The van der Waals surface area contributed by atoms with Gasteiger partial charge in [0, 0.05) is 6.42 Å². The second-order valence-electron chi connectivity index (χ2n) is 4.32. The molecule has 19 heavy (non-hydrogen) atoms. The first-order chi connectivity index (χ1) is 9.17. The summed E-state index contributed by atoms with van der Waals surface area (Å²) in [6, 6.07) is 7.58. The molecule has 0 radical (unpaired) electrons. The van der Waals surface area contributed by atoms with Crippen LogP contribution in [-0.4, -0.2) is 31.8 Å². The SMILES string of the molecule is CCNC(CCOc1cccc(C)c1)C(=O)OCC. The number of esters is 1. The van der Waals surface area contributed by atoms with E-state index in [0.29, 0.717) is 19.6 Å². The molecular weight excluding hydrogens is 242 g/mol. The highest BCUT2D eigenvalue weighted by atomic mass is 16.5. The molecule has 106 valence electrons. The number of carbonyl (C=O) groups is 1. The Balaban J connectivity index is 2.41. The van der Waals surface area contributed by atoms with E-state index in [0.717, 1.165) is 17.9 Å². The average molecular weight is 265 g/mol. The lowest BCUT2D eigenvalue weighted by molar-refractivity contribution is -0.146. The van der Waals surface area contributed by atoms with Crippen molar-refractivity contribution in [2.45, 2.75) is 33.2 Å². The molecule has 0 spiro atoms. The number of benzene rings is 1. The van der Waals surface area contributed by atoms with Crippen LogP contribution in [0.15, 0.2) is 24.3 Å². The van der Waals surface area contributed by atoms with E-state index < -0.39 is 0 Å². The van der Waals surface area contributed by atoms with Crippen LogP contribution in [0.1, 0.15) is 25.8 Å². The number of rotatable bonds is 8. The van der Waals surface area contributed by atoms with E-state index in [-0.39, 0.29) is 12.0 Å². The van der Waals surface area contributed by atoms with Crippen LogP contribution in [0.5, 0.6) is 5.75 Å². The first kappa shape index (κ1) is 15.5. The van der Waals surface area contributed by atoms with Crippen molar-refractivity contribution in [2.24, 2.45) is 0 Å². The molecule has 1 unspecified atom stereocenters. The highest BCUT2D eigenvalue weighted by molar-refractivity contribution is 5.75. The Hall–Kier alpha value is -1.55. The van der Waals surface area contributed by atoms with Crippen LogP contribution in [0.25, 0.3) is 0 Å². The zero-order chi connectivity index (χ0) is 14.1. The van der Waals surface area contributed by atoms with Crippen molar-refractivity contribution in [3.8, 4) is 5.75 Å². The minimum atomic E-state index is -0.297. The summed E-state index contributed by atoms with van der Waals surface area (Å²) in [5.74, 6) is 0.622. The van der Waals surface area contributed by atoms with Crippen LogP contribution in [-0.2, 0) is 9.53 Å². The van der Waals surface area contributed by atoms with E-state index in [1.807, 2.05) is 45.0 Å². The van der Waals surface area contributed by atoms with E-state index in [4.69, 9.17) is 9.47 Å². The smallest absolute Gasteiger partial charge is 0.323 e. The number of hydrogen-bond acceptors (Lipinski definition) is 4. The molecule has 0 amide bonds. The second-order valence-corrected chi connectivity index (χ2v) is 4.32. The molecule has 1 N–H and O–H groups in total. The molecule has 0 heterocycles. The van der Waals surface area contributed by atoms with Gasteiger partial charge in [-0.2, -0.15) is 0 Å². The third-order valence-electron chi connectivity index (χ3n) is 2.69. The van der Waals surface area contributed by atoms with E-state index in [2.05, 4.69) is 5.32 Å². The molecule has 0 aliphatic heterocycles. The predicted octanol–water partition coefficient (Wildman–Crippen LogP) is 2.31. The predicted molar refractivity (Wildman–Crippen MR) is 75.4 cm³/mol. The van der Waals surface area contributed by atoms with Crippen molar-refractivity contribution < 1.29 is 14.3 Å². The standard InChI is InChI=1S/C15H23NO3/c1-4-16-14(15(17)18-5-2)9-10-19-13-8-6-7-12(3)11-13/h6-8,11,14,16H,4-5,9-10H2,1-3H3. The van der Waals surface area contributed by atoms with Gasteiger partial charge in [0.05, 0.1) is 13.2 Å². The fraction of sp³-hybridized carbons (Fsp3) is 0.533. The third kappa shape index (κ3) is 5.75. The zero-order valence-electron chi connectivity index (χ0n) is 11.9. The van der Waals surface area contributed by atoms with Crippen LogP contribution < -0.4 is 10.1 Å². The molecule has 4 nitrogen and oxygen atoms in total. The molecule has 0 aliphatic carbocycles. The highest BCUT2D eigenvalue weighted by Gasteiger charge is 2.18. The maximum Gasteiger partial charge on any atom is 0.323 e. The summed E-state index contributed by atoms with van der Waals surface area (Å²) in [6.07, 6.45) is 0.598. The highest BCUT2D eigenvalue weighted by Crippen LogP contribution is 2.12. The first-order valence-electron chi connectivity index (χ1n) is 6.76. The van der Waals surface area contributed by atoms with Crippen molar-refractivity contribution in [3.05, 3.63) is 29.8 Å². The summed E-state index contributed by atoms with van der Waals surface area (Å²) >= 11 is 0. The van der Waals surface area contributed by atoms with Crippen LogP contribution in [0, 0.1) is 6.92 Å². The van der Waals surface area contributed by atoms with Crippen LogP contribution >= 0.6 is 0 Å². The number of carbonyl (C=O) groups excluding carboxylic acids is 1. The van der Waals surface area contributed by atoms with Crippen LogP contribution in [0.3, 0.4) is 0 Å². The topological polar surface area (TPSA) is 47.6 Å². The van der Waals surface area contributed by atoms with Gasteiger partial charge in [0.1, 0.15) is 11.8 Å². The fourth-order valence-corrected chi connectivity index (χ4v) is 1.79. The molecule has 0 fully saturated rings. The summed E-state index contributed by atoms with van der Waals surface area (Å²) in [4.78, 5) is 11.7. The van der Waals surface area contributed by atoms with Crippen molar-refractivity contribution in [3.63, 3.8) is 0 Å². The monoisotopic (exact) mass is 265 g/mol. The fourth-order valence-electron chi connectivity index (χ4n) is 1.79. The molecule has 4 heteroatoms. The van der Waals surface area contributed by atoms with Gasteiger partial charge in [-0.05, 0) is 38.1 Å². The third-order valence-corrected chi connectivity index (χ3v) is 2.69. The molecular formula is C15H23NO3. The van der Waals surface area contributed by atoms with Crippen LogP contribution in [0.2, 0.25) is 0 Å². The molecule has 1 aromatic carbocycles. The number of aryl methyl sites for hydroxylation is 1. The maximum atomic E-state index is 11.7. The quantitative estimate of drug-likeness (QED) is 0.733. The van der Waals surface area contributed by atoms with Gasteiger partial charge in [0.25, 0.3) is 0 Å². The lowest BCUT2D eigenvalue weighted by atomic mass is 10.2. The van der Waals surface area contributed by atoms with Gasteiger partial charge in [-0.3, -0.25) is 4.79 Å². The molecule has 0 aliphatic rings. The van der Waals surface area contributed by atoms with Gasteiger partial charge in [0.2, 0.25) is 0 Å². The number of ether oxygens (including phenoxy) is 2. The van der Waals surface area contributed by atoms with Gasteiger partial charge in [-0.25, -0.2) is 0 Å². The van der Waals surface area contributed by atoms with Gasteiger partial charge in [-0.1, -0.05) is 19.1 Å². The zero-order valence-corrected chi connectivity index (χ0v) is 11.9. The Bertz CT molecular complexity index is 393. The van der Waals surface area contributed by atoms with E-state index in [1.165, 1.54) is 0 Å². The Morgan fingerprint density at radius 3 is 2.79 bits per heavy atom. The first-order valence-corrected chi connectivity index (χ1v) is 6.76. The van der Waals surface area contributed by atoms with Crippen molar-refractivity contribution in [1.29, 1.82) is 0 Å². The summed E-state index contributed by atoms with van der Waals surface area (Å²) in [7, 11) is 0. The second kappa shape index (κ2) is 8.53. The number of nitrogens with one attached hydrogen (secondary N) is 1. The summed E-state index contributed by atoms with van der Waals surface area (Å²) in [5.41, 5.74) is 1.16. The molecule has 0 aromatic heterocycles. The maximum absolute atomic E-state index is 11.7. The molecule has 1 rings (SSSR count). The molecule has 1 atom stereocenters. The van der Waals surface area contributed by atoms with E-state index >= 15 is 0 Å². The molecule has 0 saturated carbocycles. The van der Waals surface area contributed by atoms with Crippen LogP contribution in [0.4, 0.5) is 0 Å². The lowest BCUT2D eigenvalue weighted by Crippen LogP contribution is -2.39. The summed E-state index contributed by atoms with van der Waals surface area (Å²) in [6.45, 7) is 7.41. The number of likely N-dealkylation sites (N-methyl/N-ethyl adjacent to an activating group) is 1. The van der Waals surface area contributed by atoms with E-state index in [1.54, 1.807) is 0 Å². The minimum absolute atomic E-state index is 0.211. The Labute approximate surface area is 115 Å². The van der Waals surface area contributed by atoms with Gasteiger partial charge < -0.3 is 14.8 Å². The van der Waals surface area contributed by atoms with Gasteiger partial charge in [0.15, 0.2) is 0 Å². The average Bonchev–Trinajstić information content (AvgIpc) is 2.38. The number of hydrogen-bond donors (Lipinski definition) is 1.